The van der Waals surface area contributed by atoms with Crippen LogP contribution in [0.25, 0.3) is 0 Å². The fraction of sp³-hybridized carbons (Fsp3) is 0.567. The van der Waals surface area contributed by atoms with E-state index in [1.807, 2.05) is 54.8 Å². The number of ether oxygens (including phenoxy) is 2. The molecule has 0 aromatic rings. The number of fused-ring (bicyclic) bond motifs is 2. The Balaban J connectivity index is 0.00000205. The molecule has 39 heavy (non-hydrogen) atoms. The van der Waals surface area contributed by atoms with Crippen molar-refractivity contribution in [2.45, 2.75) is 52.5 Å². The van der Waals surface area contributed by atoms with Crippen LogP contribution in [0, 0.1) is 18.8 Å². The van der Waals surface area contributed by atoms with E-state index in [-0.39, 0.29) is 17.9 Å². The van der Waals surface area contributed by atoms with Gasteiger partial charge in [0.1, 0.15) is 0 Å². The Hall–Kier alpha value is -3.51. The molecule has 0 aromatic heterocycles. The molecule has 9 nitrogen and oxygen atoms in total. The van der Waals surface area contributed by atoms with Gasteiger partial charge in [-0.05, 0) is 56.8 Å². The van der Waals surface area contributed by atoms with Crippen LogP contribution in [0.5, 0.6) is 0 Å². The maximum Gasteiger partial charge on any atom is 0.325 e. The first-order chi connectivity index (χ1) is 18.6. The third-order valence-electron chi connectivity index (χ3n) is 8.03. The molecule has 212 valence electrons. The number of terminal acetylenes is 1. The number of urea groups is 1. The van der Waals surface area contributed by atoms with Gasteiger partial charge in [-0.1, -0.05) is 13.0 Å². The monoisotopic (exact) mass is 537 g/mol. The van der Waals surface area contributed by atoms with Gasteiger partial charge < -0.3 is 19.3 Å². The lowest BCUT2D eigenvalue weighted by atomic mass is 9.81. The molecule has 0 N–H and O–H groups in total. The molecule has 0 bridgehead atoms. The van der Waals surface area contributed by atoms with Gasteiger partial charge in [0.05, 0.1) is 31.6 Å². The Morgan fingerprint density at radius 2 is 1.92 bits per heavy atom. The van der Waals surface area contributed by atoms with Gasteiger partial charge in [0.15, 0.2) is 0 Å². The Bertz CT molecular complexity index is 1140. The second kappa shape index (κ2) is 12.6. The molecule has 1 spiro atoms. The predicted molar refractivity (Wildman–Crippen MR) is 153 cm³/mol. The minimum Gasteiger partial charge on any atom is -0.501 e. The lowest BCUT2D eigenvalue weighted by Crippen LogP contribution is -2.55. The second-order valence-electron chi connectivity index (χ2n) is 10.5. The summed E-state index contributed by atoms with van der Waals surface area (Å²) in [5, 5.41) is 6.09. The minimum atomic E-state index is -0.417. The molecule has 4 heterocycles. The van der Waals surface area contributed by atoms with E-state index in [0.29, 0.717) is 52.0 Å². The van der Waals surface area contributed by atoms with Crippen LogP contribution in [0.4, 0.5) is 4.79 Å². The number of carbonyl (C=O) groups excluding carboxylic acids is 2. The molecule has 0 saturated carbocycles. The number of likely N-dealkylation sites (tertiary alicyclic amines) is 1. The number of nitrogens with zero attached hydrogens (tertiary/aromatic N) is 5. The molecular weight excluding hydrogens is 494 g/mol. The van der Waals surface area contributed by atoms with E-state index in [2.05, 4.69) is 30.9 Å². The zero-order valence-corrected chi connectivity index (χ0v) is 24.5. The average molecular weight is 538 g/mol. The smallest absolute Gasteiger partial charge is 0.325 e. The summed E-state index contributed by atoms with van der Waals surface area (Å²) >= 11 is 0. The summed E-state index contributed by atoms with van der Waals surface area (Å²) in [6, 6.07) is 0.0313. The topological polar surface area (TPSA) is 77.9 Å². The molecule has 1 atom stereocenters. The predicted octanol–water partition coefficient (Wildman–Crippen LogP) is 3.98. The van der Waals surface area contributed by atoms with Crippen molar-refractivity contribution in [2.24, 2.45) is 11.0 Å². The highest BCUT2D eigenvalue weighted by atomic mass is 16.5. The van der Waals surface area contributed by atoms with Crippen molar-refractivity contribution in [3.8, 4) is 12.8 Å². The van der Waals surface area contributed by atoms with Gasteiger partial charge >= 0.3 is 6.03 Å². The minimum absolute atomic E-state index is 0.0313. The van der Waals surface area contributed by atoms with E-state index in [9.17, 15) is 9.59 Å². The van der Waals surface area contributed by atoms with Crippen molar-refractivity contribution in [2.75, 3.05) is 54.1 Å². The van der Waals surface area contributed by atoms with E-state index in [0.717, 1.165) is 33.9 Å². The number of amides is 3. The Labute approximate surface area is 233 Å². The van der Waals surface area contributed by atoms with Crippen molar-refractivity contribution < 1.29 is 19.1 Å². The summed E-state index contributed by atoms with van der Waals surface area (Å²) in [5.41, 5.74) is 4.55. The highest BCUT2D eigenvalue weighted by Crippen LogP contribution is 2.46. The number of likely N-dealkylation sites (N-methyl/N-ethyl adjacent to an activating group) is 1. The van der Waals surface area contributed by atoms with Gasteiger partial charge in [-0.25, -0.2) is 4.79 Å². The molecule has 0 unspecified atom stereocenters. The number of hydrogen-bond donors (Lipinski definition) is 0. The summed E-state index contributed by atoms with van der Waals surface area (Å²) in [6.45, 7) is 10.9. The molecule has 4 aliphatic rings. The number of hydrogen-bond acceptors (Lipinski definition) is 6. The molecule has 3 amide bonds. The number of piperidine rings is 1. The molecule has 0 aliphatic carbocycles. The Morgan fingerprint density at radius 1 is 1.26 bits per heavy atom. The Kier molecular flexibility index (Phi) is 9.68. The van der Waals surface area contributed by atoms with Gasteiger partial charge in [0.25, 0.3) is 5.91 Å². The van der Waals surface area contributed by atoms with Crippen molar-refractivity contribution in [3.05, 3.63) is 46.5 Å². The van der Waals surface area contributed by atoms with E-state index < -0.39 is 5.54 Å². The molecule has 4 rings (SSSR count). The van der Waals surface area contributed by atoms with Crippen LogP contribution in [0.2, 0.25) is 0 Å². The van der Waals surface area contributed by atoms with Crippen molar-refractivity contribution in [3.63, 3.8) is 0 Å². The molecule has 0 radical (unpaired) electrons. The highest BCUT2D eigenvalue weighted by Gasteiger charge is 2.55. The lowest BCUT2D eigenvalue weighted by molar-refractivity contribution is -0.129. The first-order valence-electron chi connectivity index (χ1n) is 13.5. The number of carbonyl (C=O) groups is 2. The first kappa shape index (κ1) is 30.0. The summed E-state index contributed by atoms with van der Waals surface area (Å²) in [5.74, 6) is 0.958. The normalized spacial score (nSPS) is 23.0. The van der Waals surface area contributed by atoms with Crippen LogP contribution in [-0.2, 0) is 14.3 Å². The van der Waals surface area contributed by atoms with Crippen LogP contribution in [0.15, 0.2) is 51.6 Å². The van der Waals surface area contributed by atoms with Crippen LogP contribution in [0.3, 0.4) is 0 Å². The van der Waals surface area contributed by atoms with Gasteiger partial charge in [0, 0.05) is 63.4 Å². The zero-order valence-electron chi connectivity index (χ0n) is 24.5. The van der Waals surface area contributed by atoms with Gasteiger partial charge in [0.2, 0.25) is 0 Å². The third kappa shape index (κ3) is 5.76. The van der Waals surface area contributed by atoms with Crippen LogP contribution >= 0.6 is 0 Å². The molecule has 2 saturated heterocycles. The Morgan fingerprint density at radius 3 is 2.49 bits per heavy atom. The largest absolute Gasteiger partial charge is 0.501 e. The number of methoxy groups -OCH3 is 2. The van der Waals surface area contributed by atoms with E-state index in [1.165, 1.54) is 0 Å². The van der Waals surface area contributed by atoms with Crippen molar-refractivity contribution in [1.82, 2.24) is 19.7 Å². The fourth-order valence-corrected chi connectivity index (χ4v) is 6.20. The number of hydrazone groups is 1. The van der Waals surface area contributed by atoms with Gasteiger partial charge in [-0.15, -0.1) is 12.8 Å². The van der Waals surface area contributed by atoms with Crippen molar-refractivity contribution >= 4 is 17.6 Å². The fourth-order valence-electron chi connectivity index (χ4n) is 6.20. The summed E-state index contributed by atoms with van der Waals surface area (Å²) in [6.07, 6.45) is 16.1. The lowest BCUT2D eigenvalue weighted by Gasteiger charge is -2.44. The second-order valence-corrected chi connectivity index (χ2v) is 10.5. The molecule has 0 aromatic carbocycles. The summed E-state index contributed by atoms with van der Waals surface area (Å²) in [4.78, 5) is 33.1. The molecule has 2 fully saturated rings. The molecular formula is C30H43N5O4. The van der Waals surface area contributed by atoms with E-state index in [1.54, 1.807) is 19.2 Å². The third-order valence-corrected chi connectivity index (χ3v) is 8.03. The first-order valence-corrected chi connectivity index (χ1v) is 13.5. The maximum absolute atomic E-state index is 13.8. The van der Waals surface area contributed by atoms with Crippen LogP contribution in [-0.4, -0.2) is 97.0 Å². The van der Waals surface area contributed by atoms with Crippen molar-refractivity contribution in [1.29, 1.82) is 0 Å². The molecule has 4 aliphatic heterocycles. The van der Waals surface area contributed by atoms with Crippen LogP contribution in [0.1, 0.15) is 47.0 Å². The summed E-state index contributed by atoms with van der Waals surface area (Å²) in [7, 11) is 5.21. The SMILES string of the molecule is C#C.CCN1C(=O)N2CC(/C=C(\C)OC)=C(COC)[C@@H](C)C=C2C12CCN(C(=O)C1=CN(C)N=C(C)C1)CC2. The van der Waals surface area contributed by atoms with E-state index >= 15 is 0 Å². The molecule has 9 heteroatoms. The summed E-state index contributed by atoms with van der Waals surface area (Å²) < 4.78 is 11.0. The van der Waals surface area contributed by atoms with Gasteiger partial charge in [-0.2, -0.15) is 5.10 Å². The standard InChI is InChI=1S/C28H41N5O4.C2H2/c1-8-33-27(35)32-17-22(15-21(4)37-7)24(18-36-6)19(2)13-25(32)28(33)9-11-31(12-10-28)26(34)23-14-20(3)29-30(5)16-23;1-2/h13,15-16,19H,8-12,14,17-18H2,1-7H3;1-2H/b21-15+;/t19-;/m0./s1. The van der Waals surface area contributed by atoms with Crippen LogP contribution < -0.4 is 0 Å². The quantitative estimate of drug-likeness (QED) is 0.378. The maximum atomic E-state index is 13.8. The number of rotatable bonds is 6. The van der Waals surface area contributed by atoms with Gasteiger partial charge in [-0.3, -0.25) is 14.7 Å². The van der Waals surface area contributed by atoms with E-state index in [4.69, 9.17) is 9.47 Å². The number of allylic oxidation sites excluding steroid dienone is 2. The average Bonchev–Trinajstić information content (AvgIpc) is 3.02. The zero-order chi connectivity index (χ0) is 28.9. The highest BCUT2D eigenvalue weighted by molar-refractivity contribution is 6.00.